The summed E-state index contributed by atoms with van der Waals surface area (Å²) in [5, 5.41) is 9.00. The van der Waals surface area contributed by atoms with Crippen molar-refractivity contribution >= 4 is 11.9 Å². The number of H-pyrrole nitrogens is 1. The molecule has 1 aromatic heterocycles. The Balaban J connectivity index is 2.22. The molecule has 0 aromatic carbocycles. The highest BCUT2D eigenvalue weighted by Gasteiger charge is 2.34. The second-order valence-electron chi connectivity index (χ2n) is 4.01. The number of rotatable bonds is 2. The molecule has 5 nitrogen and oxygen atoms in total. The van der Waals surface area contributed by atoms with E-state index in [4.69, 9.17) is 5.11 Å². The number of nitrogens with one attached hydrogen (secondary N) is 1. The van der Waals surface area contributed by atoms with Crippen molar-refractivity contribution in [3.63, 3.8) is 0 Å². The molecule has 1 aliphatic rings. The highest BCUT2D eigenvalue weighted by atomic mass is 16.4. The van der Waals surface area contributed by atoms with Crippen LogP contribution in [0, 0.1) is 6.92 Å². The van der Waals surface area contributed by atoms with Crippen LogP contribution in [0.4, 0.5) is 0 Å². The summed E-state index contributed by atoms with van der Waals surface area (Å²) in [5.74, 6) is -1.11. The number of aliphatic carboxylic acids is 1. The van der Waals surface area contributed by atoms with Crippen molar-refractivity contribution in [3.8, 4) is 0 Å². The van der Waals surface area contributed by atoms with Crippen molar-refractivity contribution in [2.45, 2.75) is 25.8 Å². The van der Waals surface area contributed by atoms with E-state index in [2.05, 4.69) is 4.98 Å². The van der Waals surface area contributed by atoms with Crippen LogP contribution in [-0.4, -0.2) is 39.5 Å². The van der Waals surface area contributed by atoms with Crippen molar-refractivity contribution in [2.24, 2.45) is 0 Å². The van der Waals surface area contributed by atoms with Crippen LogP contribution >= 0.6 is 0 Å². The molecule has 1 amide bonds. The van der Waals surface area contributed by atoms with Gasteiger partial charge in [-0.3, -0.25) is 4.79 Å². The van der Waals surface area contributed by atoms with Gasteiger partial charge < -0.3 is 15.0 Å². The van der Waals surface area contributed by atoms with Crippen LogP contribution < -0.4 is 0 Å². The average molecular weight is 222 g/mol. The summed E-state index contributed by atoms with van der Waals surface area (Å²) >= 11 is 0. The maximum Gasteiger partial charge on any atom is 0.326 e. The molecule has 5 heteroatoms. The van der Waals surface area contributed by atoms with E-state index in [0.29, 0.717) is 18.5 Å². The van der Waals surface area contributed by atoms with Gasteiger partial charge in [0.1, 0.15) is 6.04 Å². The van der Waals surface area contributed by atoms with Crippen molar-refractivity contribution in [3.05, 3.63) is 23.5 Å². The first-order valence-electron chi connectivity index (χ1n) is 5.29. The van der Waals surface area contributed by atoms with E-state index in [0.717, 1.165) is 12.1 Å². The molecule has 1 aliphatic heterocycles. The number of carboxylic acid groups (broad SMARTS) is 1. The Bertz CT molecular complexity index is 425. The monoisotopic (exact) mass is 222 g/mol. The predicted octanol–water partition coefficient (Wildman–Crippen LogP) is 1.01. The summed E-state index contributed by atoms with van der Waals surface area (Å²) < 4.78 is 0. The lowest BCUT2D eigenvalue weighted by Gasteiger charge is -2.21. The highest BCUT2D eigenvalue weighted by molar-refractivity contribution is 5.97. The number of amides is 1. The number of nitrogens with zero attached hydrogens (tertiary/aromatic N) is 1. The Hall–Kier alpha value is -1.78. The van der Waals surface area contributed by atoms with Crippen molar-refractivity contribution in [2.75, 3.05) is 6.54 Å². The molecule has 2 heterocycles. The third-order valence-corrected chi connectivity index (χ3v) is 2.98. The van der Waals surface area contributed by atoms with Gasteiger partial charge in [0.2, 0.25) is 0 Å². The van der Waals surface area contributed by atoms with Crippen LogP contribution in [-0.2, 0) is 4.79 Å². The molecule has 86 valence electrons. The standard InChI is InChI=1S/C11H14N2O3/c1-7-8(4-5-12-7)10(14)13-6-2-3-9(13)11(15)16/h4-5,9,12H,2-3,6H2,1H3,(H,15,16)/t9-/m1/s1. The molecular weight excluding hydrogens is 208 g/mol. The second-order valence-corrected chi connectivity index (χ2v) is 4.01. The lowest BCUT2D eigenvalue weighted by Crippen LogP contribution is -2.40. The van der Waals surface area contributed by atoms with Gasteiger partial charge in [0.15, 0.2) is 0 Å². The Labute approximate surface area is 93.1 Å². The van der Waals surface area contributed by atoms with Crippen LogP contribution in [0.5, 0.6) is 0 Å². The maximum atomic E-state index is 12.1. The van der Waals surface area contributed by atoms with Gasteiger partial charge in [-0.05, 0) is 25.8 Å². The van der Waals surface area contributed by atoms with Crippen LogP contribution in [0.25, 0.3) is 0 Å². The quantitative estimate of drug-likeness (QED) is 0.784. The molecule has 0 aliphatic carbocycles. The predicted molar refractivity (Wildman–Crippen MR) is 57.2 cm³/mol. The zero-order chi connectivity index (χ0) is 11.7. The number of carboxylic acids is 1. The minimum atomic E-state index is -0.918. The van der Waals surface area contributed by atoms with Gasteiger partial charge in [-0.15, -0.1) is 0 Å². The first kappa shape index (κ1) is 10.7. The van der Waals surface area contributed by atoms with Crippen LogP contribution in [0.1, 0.15) is 28.9 Å². The summed E-state index contributed by atoms with van der Waals surface area (Å²) in [6.07, 6.45) is 2.99. The Morgan fingerprint density at radius 3 is 2.88 bits per heavy atom. The topological polar surface area (TPSA) is 73.4 Å². The molecule has 2 N–H and O–H groups in total. The number of hydrogen-bond donors (Lipinski definition) is 2. The molecule has 1 saturated heterocycles. The third kappa shape index (κ3) is 1.68. The Morgan fingerprint density at radius 2 is 2.31 bits per heavy atom. The molecule has 1 aromatic rings. The lowest BCUT2D eigenvalue weighted by atomic mass is 10.2. The smallest absolute Gasteiger partial charge is 0.326 e. The number of carbonyl (C=O) groups excluding carboxylic acids is 1. The van der Waals surface area contributed by atoms with Gasteiger partial charge in [-0.2, -0.15) is 0 Å². The largest absolute Gasteiger partial charge is 0.480 e. The third-order valence-electron chi connectivity index (χ3n) is 2.98. The zero-order valence-electron chi connectivity index (χ0n) is 9.06. The number of aromatic nitrogens is 1. The Morgan fingerprint density at radius 1 is 1.56 bits per heavy atom. The van der Waals surface area contributed by atoms with Crippen molar-refractivity contribution in [1.82, 2.24) is 9.88 Å². The van der Waals surface area contributed by atoms with Gasteiger partial charge in [0.05, 0.1) is 5.56 Å². The fourth-order valence-corrected chi connectivity index (χ4v) is 2.11. The fraction of sp³-hybridized carbons (Fsp3) is 0.455. The minimum absolute atomic E-state index is 0.191. The summed E-state index contributed by atoms with van der Waals surface area (Å²) in [4.78, 5) is 27.4. The Kier molecular flexibility index (Phi) is 2.68. The second kappa shape index (κ2) is 4.00. The molecule has 2 rings (SSSR count). The van der Waals surface area contributed by atoms with Crippen LogP contribution in [0.3, 0.4) is 0 Å². The zero-order valence-corrected chi connectivity index (χ0v) is 9.06. The normalized spacial score (nSPS) is 20.1. The summed E-state index contributed by atoms with van der Waals surface area (Å²) in [6, 6.07) is 1.02. The molecule has 0 bridgehead atoms. The molecule has 1 atom stereocenters. The van der Waals surface area contributed by atoms with E-state index in [1.54, 1.807) is 19.2 Å². The van der Waals surface area contributed by atoms with Crippen molar-refractivity contribution < 1.29 is 14.7 Å². The molecule has 0 unspecified atom stereocenters. The molecule has 0 radical (unpaired) electrons. The lowest BCUT2D eigenvalue weighted by molar-refractivity contribution is -0.141. The molecule has 16 heavy (non-hydrogen) atoms. The van der Waals surface area contributed by atoms with E-state index >= 15 is 0 Å². The molecule has 0 saturated carbocycles. The van der Waals surface area contributed by atoms with Gasteiger partial charge in [0, 0.05) is 18.4 Å². The first-order valence-corrected chi connectivity index (χ1v) is 5.29. The van der Waals surface area contributed by atoms with Crippen LogP contribution in [0.15, 0.2) is 12.3 Å². The van der Waals surface area contributed by atoms with E-state index in [1.165, 1.54) is 4.90 Å². The summed E-state index contributed by atoms with van der Waals surface area (Å²) in [6.45, 7) is 2.33. The SMILES string of the molecule is Cc1[nH]ccc1C(=O)N1CCC[C@@H]1C(=O)O. The fourth-order valence-electron chi connectivity index (χ4n) is 2.11. The van der Waals surface area contributed by atoms with Gasteiger partial charge >= 0.3 is 5.97 Å². The molecular formula is C11H14N2O3. The van der Waals surface area contributed by atoms with Crippen LogP contribution in [0.2, 0.25) is 0 Å². The summed E-state index contributed by atoms with van der Waals surface area (Å²) in [7, 11) is 0. The van der Waals surface area contributed by atoms with E-state index in [9.17, 15) is 9.59 Å². The maximum absolute atomic E-state index is 12.1. The highest BCUT2D eigenvalue weighted by Crippen LogP contribution is 2.21. The van der Waals surface area contributed by atoms with Gasteiger partial charge in [-0.1, -0.05) is 0 Å². The molecule has 1 fully saturated rings. The van der Waals surface area contributed by atoms with E-state index in [-0.39, 0.29) is 5.91 Å². The van der Waals surface area contributed by atoms with Gasteiger partial charge in [0.25, 0.3) is 5.91 Å². The average Bonchev–Trinajstić information content (AvgIpc) is 2.84. The minimum Gasteiger partial charge on any atom is -0.480 e. The number of carbonyl (C=O) groups is 2. The number of likely N-dealkylation sites (tertiary alicyclic amines) is 1. The van der Waals surface area contributed by atoms with E-state index in [1.807, 2.05) is 0 Å². The number of hydrogen-bond acceptors (Lipinski definition) is 2. The summed E-state index contributed by atoms with van der Waals surface area (Å²) in [5.41, 5.74) is 1.34. The number of aromatic amines is 1. The number of aryl methyl sites for hydroxylation is 1. The molecule has 0 spiro atoms. The van der Waals surface area contributed by atoms with Crippen molar-refractivity contribution in [1.29, 1.82) is 0 Å². The first-order chi connectivity index (χ1) is 7.61. The van der Waals surface area contributed by atoms with Gasteiger partial charge in [-0.25, -0.2) is 4.79 Å². The van der Waals surface area contributed by atoms with E-state index < -0.39 is 12.0 Å².